The summed E-state index contributed by atoms with van der Waals surface area (Å²) in [7, 11) is -7.31. The average molecular weight is 662 g/mol. The molecule has 1 aliphatic carbocycles. The van der Waals surface area contributed by atoms with Crippen LogP contribution in [0, 0.1) is 11.3 Å². The second-order valence-electron chi connectivity index (χ2n) is 11.3. The summed E-state index contributed by atoms with van der Waals surface area (Å²) in [5, 5.41) is 24.9. The van der Waals surface area contributed by atoms with E-state index in [0.29, 0.717) is 50.6 Å². The Bertz CT molecular complexity index is 1400. The van der Waals surface area contributed by atoms with E-state index in [1.807, 2.05) is 0 Å². The highest BCUT2D eigenvalue weighted by molar-refractivity contribution is 7.92. The molecule has 0 aliphatic heterocycles. The molecule has 1 fully saturated rings. The number of carboxylic acids is 2. The van der Waals surface area contributed by atoms with Gasteiger partial charge in [0.05, 0.1) is 23.8 Å². The van der Waals surface area contributed by atoms with Gasteiger partial charge in [-0.2, -0.15) is 0 Å². The number of nitrogens with one attached hydrogen (secondary N) is 4. The molecule has 1 saturated carbocycles. The molecule has 248 valence electrons. The van der Waals surface area contributed by atoms with Gasteiger partial charge in [-0.1, -0.05) is 31.4 Å². The first-order chi connectivity index (χ1) is 20.4. The molecule has 0 heterocycles. The lowest BCUT2D eigenvalue weighted by molar-refractivity contribution is -0.147. The van der Waals surface area contributed by atoms with Crippen LogP contribution in [0.3, 0.4) is 0 Å². The Hall–Kier alpha value is -3.28. The normalized spacial score (nSPS) is 16.8. The van der Waals surface area contributed by atoms with Crippen LogP contribution in [0.15, 0.2) is 24.3 Å². The van der Waals surface area contributed by atoms with Crippen LogP contribution in [0.5, 0.6) is 0 Å². The predicted octanol–water partition coefficient (Wildman–Crippen LogP) is -0.0157. The lowest BCUT2D eigenvalue weighted by atomic mass is 9.76. The topological polar surface area (TPSA) is 251 Å². The number of hydrogen-bond acceptors (Lipinski definition) is 9. The van der Waals surface area contributed by atoms with Gasteiger partial charge in [-0.15, -0.1) is 0 Å². The van der Waals surface area contributed by atoms with E-state index in [1.54, 1.807) is 12.1 Å². The van der Waals surface area contributed by atoms with Crippen LogP contribution in [-0.2, 0) is 45.6 Å². The molecule has 0 aromatic heterocycles. The highest BCUT2D eigenvalue weighted by Gasteiger charge is 2.45. The highest BCUT2D eigenvalue weighted by atomic mass is 32.2. The van der Waals surface area contributed by atoms with Gasteiger partial charge in [-0.05, 0) is 56.3 Å². The number of unbranched alkanes of at least 4 members (excludes halogenated alkanes) is 1. The fourth-order valence-corrected chi connectivity index (χ4v) is 6.66. The Morgan fingerprint density at radius 2 is 1.61 bits per heavy atom. The minimum absolute atomic E-state index is 0.157. The van der Waals surface area contributed by atoms with Crippen molar-refractivity contribution in [3.8, 4) is 0 Å². The third-order valence-electron chi connectivity index (χ3n) is 7.44. The van der Waals surface area contributed by atoms with E-state index in [4.69, 9.17) is 5.73 Å². The van der Waals surface area contributed by atoms with Crippen LogP contribution in [0.2, 0.25) is 0 Å². The molecule has 2 amide bonds. The summed E-state index contributed by atoms with van der Waals surface area (Å²) >= 11 is 0. The molecule has 1 aromatic rings. The number of hydrogen-bond donors (Lipinski definition) is 7. The van der Waals surface area contributed by atoms with Crippen LogP contribution in [-0.4, -0.2) is 88.5 Å². The van der Waals surface area contributed by atoms with Gasteiger partial charge in [0, 0.05) is 18.7 Å². The summed E-state index contributed by atoms with van der Waals surface area (Å²) < 4.78 is 51.3. The van der Waals surface area contributed by atoms with Gasteiger partial charge in [-0.25, -0.2) is 26.4 Å². The summed E-state index contributed by atoms with van der Waals surface area (Å²) in [5.74, 6) is -5.14. The number of carbonyl (C=O) groups is 4. The first-order valence-corrected chi connectivity index (χ1v) is 18.0. The molecule has 0 radical (unpaired) electrons. The molecule has 8 N–H and O–H groups in total. The molecule has 0 saturated heterocycles. The molecule has 0 unspecified atom stereocenters. The van der Waals surface area contributed by atoms with Gasteiger partial charge in [0.15, 0.2) is 0 Å². The number of benzene rings is 1. The molecule has 17 heteroatoms. The van der Waals surface area contributed by atoms with Gasteiger partial charge in [0.2, 0.25) is 31.9 Å². The summed E-state index contributed by atoms with van der Waals surface area (Å²) in [6.45, 7) is -0.0154. The van der Waals surface area contributed by atoms with Crippen molar-refractivity contribution in [1.82, 2.24) is 15.4 Å². The molecule has 15 nitrogen and oxygen atoms in total. The maximum absolute atomic E-state index is 13.6. The SMILES string of the molecule is CS(=O)(=O)Nc1cccc(C[C@H](NC(=O)C2(C[C@@H](CNC(=O)[C@H](CCCCN)NS(C)(=O)=O)C(=O)O)CCCC2)C(=O)O)c1. The number of carboxylic acid groups (broad SMARTS) is 2. The summed E-state index contributed by atoms with van der Waals surface area (Å²) in [6.07, 6.45) is 4.59. The minimum Gasteiger partial charge on any atom is -0.481 e. The summed E-state index contributed by atoms with van der Waals surface area (Å²) in [6, 6.07) is 3.58. The van der Waals surface area contributed by atoms with Gasteiger partial charge < -0.3 is 26.6 Å². The van der Waals surface area contributed by atoms with Crippen LogP contribution in [0.1, 0.15) is 56.9 Å². The molecule has 2 rings (SSSR count). The van der Waals surface area contributed by atoms with Crippen LogP contribution in [0.4, 0.5) is 5.69 Å². The van der Waals surface area contributed by atoms with E-state index in [0.717, 1.165) is 12.5 Å². The van der Waals surface area contributed by atoms with Gasteiger partial charge in [0.1, 0.15) is 12.1 Å². The smallest absolute Gasteiger partial charge is 0.326 e. The number of nitrogens with two attached hydrogens (primary N) is 1. The number of rotatable bonds is 19. The van der Waals surface area contributed by atoms with Crippen LogP contribution in [0.25, 0.3) is 0 Å². The number of carbonyl (C=O) groups excluding carboxylic acids is 2. The first-order valence-electron chi connectivity index (χ1n) is 14.2. The van der Waals surface area contributed by atoms with Crippen molar-refractivity contribution in [3.63, 3.8) is 0 Å². The molecule has 1 aromatic carbocycles. The largest absolute Gasteiger partial charge is 0.481 e. The van der Waals surface area contributed by atoms with Crippen molar-refractivity contribution in [1.29, 1.82) is 0 Å². The molecule has 0 bridgehead atoms. The lowest BCUT2D eigenvalue weighted by Gasteiger charge is -2.32. The van der Waals surface area contributed by atoms with Crippen molar-refractivity contribution in [3.05, 3.63) is 29.8 Å². The molecular weight excluding hydrogens is 618 g/mol. The minimum atomic E-state index is -3.74. The fourth-order valence-electron chi connectivity index (χ4n) is 5.36. The molecule has 44 heavy (non-hydrogen) atoms. The van der Waals surface area contributed by atoms with E-state index in [1.165, 1.54) is 12.1 Å². The summed E-state index contributed by atoms with van der Waals surface area (Å²) in [4.78, 5) is 50.8. The number of amides is 2. The second-order valence-corrected chi connectivity index (χ2v) is 14.9. The van der Waals surface area contributed by atoms with Crippen LogP contribution < -0.4 is 25.8 Å². The lowest BCUT2D eigenvalue weighted by Crippen LogP contribution is -2.51. The van der Waals surface area contributed by atoms with Crippen LogP contribution >= 0.6 is 0 Å². The van der Waals surface area contributed by atoms with Gasteiger partial charge >= 0.3 is 11.9 Å². The summed E-state index contributed by atoms with van der Waals surface area (Å²) in [5.41, 5.74) is 4.96. The zero-order valence-electron chi connectivity index (χ0n) is 24.9. The number of sulfonamides is 2. The Morgan fingerprint density at radius 1 is 0.955 bits per heavy atom. The van der Waals surface area contributed by atoms with Gasteiger partial charge in [0.25, 0.3) is 0 Å². The standard InChI is InChI=1S/C27H43N5O10S2/c1-43(39,40)31-20-9-7-8-18(14-20)15-22(25(36)37)30-26(38)27(11-4-5-12-27)16-19(24(34)35)17-29-23(33)21(10-3-6-13-28)32-44(2,41)42/h7-9,14,19,21-22,31-32H,3-6,10-13,15-17,28H2,1-2H3,(H,29,33)(H,30,38)(H,34,35)(H,36,37)/t19-,21-,22-/m0/s1. The van der Waals surface area contributed by atoms with E-state index in [-0.39, 0.29) is 31.5 Å². The zero-order valence-corrected chi connectivity index (χ0v) is 26.5. The van der Waals surface area contributed by atoms with Crippen molar-refractivity contribution >= 4 is 49.5 Å². The highest BCUT2D eigenvalue weighted by Crippen LogP contribution is 2.43. The second kappa shape index (κ2) is 16.2. The van der Waals surface area contributed by atoms with E-state index in [9.17, 15) is 46.2 Å². The fraction of sp³-hybridized carbons (Fsp3) is 0.630. The number of anilines is 1. The maximum Gasteiger partial charge on any atom is 0.326 e. The molecule has 3 atom stereocenters. The number of aliphatic carboxylic acids is 2. The Balaban J connectivity index is 2.17. The quantitative estimate of drug-likeness (QED) is 0.0971. The molecule has 1 aliphatic rings. The maximum atomic E-state index is 13.6. The molecular formula is C27H43N5O10S2. The Kier molecular flexibility index (Phi) is 13.5. The average Bonchev–Trinajstić information content (AvgIpc) is 3.38. The van der Waals surface area contributed by atoms with E-state index in [2.05, 4.69) is 20.1 Å². The van der Waals surface area contributed by atoms with E-state index < -0.39 is 67.2 Å². The third-order valence-corrected chi connectivity index (χ3v) is 8.76. The predicted molar refractivity (Wildman–Crippen MR) is 163 cm³/mol. The monoisotopic (exact) mass is 661 g/mol. The Labute approximate surface area is 257 Å². The van der Waals surface area contributed by atoms with Crippen molar-refractivity contribution in [2.45, 2.75) is 69.9 Å². The van der Waals surface area contributed by atoms with Crippen molar-refractivity contribution in [2.75, 3.05) is 30.3 Å². The Morgan fingerprint density at radius 3 is 2.16 bits per heavy atom. The van der Waals surface area contributed by atoms with Crippen molar-refractivity contribution in [2.24, 2.45) is 17.1 Å². The van der Waals surface area contributed by atoms with Crippen molar-refractivity contribution < 1.29 is 46.2 Å². The van der Waals surface area contributed by atoms with Gasteiger partial charge in [-0.3, -0.25) is 19.1 Å². The van der Waals surface area contributed by atoms with E-state index >= 15 is 0 Å². The molecule has 0 spiro atoms. The third kappa shape index (κ3) is 12.4. The zero-order chi connectivity index (χ0) is 33.1. The first kappa shape index (κ1) is 36.9.